The summed E-state index contributed by atoms with van der Waals surface area (Å²) in [4.78, 5) is 13.3. The summed E-state index contributed by atoms with van der Waals surface area (Å²) < 4.78 is 28.8. The van der Waals surface area contributed by atoms with Crippen LogP contribution in [0.2, 0.25) is 0 Å². The van der Waals surface area contributed by atoms with E-state index in [1.165, 1.54) is 19.3 Å². The van der Waals surface area contributed by atoms with E-state index >= 15 is 0 Å². The van der Waals surface area contributed by atoms with Gasteiger partial charge >= 0.3 is 0 Å². The van der Waals surface area contributed by atoms with Gasteiger partial charge in [-0.2, -0.15) is 0 Å². The lowest BCUT2D eigenvalue weighted by atomic mass is 10.1. The zero-order valence-electron chi connectivity index (χ0n) is 8.45. The molecule has 0 aliphatic carbocycles. The monoisotopic (exact) mass is 225 g/mol. The maximum Gasteiger partial charge on any atom is 0.235 e. The lowest BCUT2D eigenvalue weighted by molar-refractivity contribution is 0.173. The summed E-state index contributed by atoms with van der Waals surface area (Å²) in [5.74, 6) is 0.0674. The second-order valence-corrected chi connectivity index (χ2v) is 3.01. The molecule has 0 atom stereocenters. The Hall–Kier alpha value is -2.07. The van der Waals surface area contributed by atoms with E-state index in [0.717, 1.165) is 0 Å². The molecule has 0 unspecified atom stereocenters. The van der Waals surface area contributed by atoms with Gasteiger partial charge in [0.1, 0.15) is 0 Å². The summed E-state index contributed by atoms with van der Waals surface area (Å²) in [6.07, 6.45) is 1.34. The highest BCUT2D eigenvalue weighted by Crippen LogP contribution is 2.41. The molecule has 1 aliphatic heterocycles. The number of halogens is 1. The maximum absolute atomic E-state index is 13.8. The Labute approximate surface area is 90.4 Å². The zero-order valence-corrected chi connectivity index (χ0v) is 8.45. The smallest absolute Gasteiger partial charge is 0.235 e. The molecule has 0 saturated carbocycles. The third-order valence-electron chi connectivity index (χ3n) is 2.18. The largest absolute Gasteiger partial charge is 0.494 e. The van der Waals surface area contributed by atoms with Gasteiger partial charge in [-0.1, -0.05) is 0 Å². The van der Waals surface area contributed by atoms with Crippen molar-refractivity contribution in [3.8, 4) is 17.2 Å². The molecule has 0 amide bonds. The van der Waals surface area contributed by atoms with Crippen molar-refractivity contribution < 1.29 is 23.4 Å². The Morgan fingerprint density at radius 3 is 3.12 bits per heavy atom. The van der Waals surface area contributed by atoms with Crippen LogP contribution < -0.4 is 14.2 Å². The van der Waals surface area contributed by atoms with Gasteiger partial charge in [0.05, 0.1) is 19.2 Å². The molecular formula is C10H8FNO4. The second-order valence-electron chi connectivity index (χ2n) is 3.01. The lowest BCUT2D eigenvalue weighted by Gasteiger charge is -2.08. The van der Waals surface area contributed by atoms with Crippen molar-refractivity contribution in [1.29, 1.82) is 0 Å². The Bertz CT molecular complexity index is 468. The van der Waals surface area contributed by atoms with Gasteiger partial charge in [0.25, 0.3) is 0 Å². The lowest BCUT2D eigenvalue weighted by Crippen LogP contribution is -1.97. The number of ether oxygens (including phenoxy) is 3. The fraction of sp³-hybridized carbons (Fsp3) is 0.300. The molecule has 6 heteroatoms. The van der Waals surface area contributed by atoms with E-state index in [1.54, 1.807) is 0 Å². The van der Waals surface area contributed by atoms with Crippen LogP contribution in [0.1, 0.15) is 5.56 Å². The first-order valence-electron chi connectivity index (χ1n) is 4.46. The van der Waals surface area contributed by atoms with Crippen LogP contribution in [0.25, 0.3) is 0 Å². The number of rotatable bonds is 3. The molecule has 0 fully saturated rings. The van der Waals surface area contributed by atoms with Crippen LogP contribution >= 0.6 is 0 Å². The van der Waals surface area contributed by atoms with E-state index in [1.807, 2.05) is 0 Å². The summed E-state index contributed by atoms with van der Waals surface area (Å²) in [6.45, 7) is -0.141. The topological polar surface area (TPSA) is 57.1 Å². The number of benzene rings is 1. The van der Waals surface area contributed by atoms with Crippen LogP contribution in [-0.4, -0.2) is 20.0 Å². The summed E-state index contributed by atoms with van der Waals surface area (Å²) in [7, 11) is 1.34. The van der Waals surface area contributed by atoms with Crippen LogP contribution in [0.15, 0.2) is 11.1 Å². The maximum atomic E-state index is 13.8. The normalized spacial score (nSPS) is 12.1. The van der Waals surface area contributed by atoms with Gasteiger partial charge in [-0.15, -0.1) is 0 Å². The molecule has 1 aliphatic rings. The van der Waals surface area contributed by atoms with Crippen molar-refractivity contribution in [2.24, 2.45) is 4.99 Å². The van der Waals surface area contributed by atoms with E-state index in [4.69, 9.17) is 14.2 Å². The van der Waals surface area contributed by atoms with Gasteiger partial charge in [-0.25, -0.2) is 14.2 Å². The molecule has 1 aromatic carbocycles. The summed E-state index contributed by atoms with van der Waals surface area (Å²) in [5.41, 5.74) is 0.134. The molecule has 0 aromatic heterocycles. The number of hydrogen-bond donors (Lipinski definition) is 0. The van der Waals surface area contributed by atoms with Crippen LogP contribution in [0.3, 0.4) is 0 Å². The van der Waals surface area contributed by atoms with Gasteiger partial charge in [-0.05, 0) is 0 Å². The number of nitrogens with zero attached hydrogens (tertiary/aromatic N) is 1. The van der Waals surface area contributed by atoms with Gasteiger partial charge in [0, 0.05) is 6.07 Å². The molecule has 5 nitrogen and oxygen atoms in total. The average Bonchev–Trinajstić information content (AvgIpc) is 2.75. The molecular weight excluding hydrogens is 217 g/mol. The molecule has 16 heavy (non-hydrogen) atoms. The molecule has 0 spiro atoms. The van der Waals surface area contributed by atoms with E-state index in [-0.39, 0.29) is 30.4 Å². The fourth-order valence-corrected chi connectivity index (χ4v) is 1.46. The molecule has 0 saturated heterocycles. The number of methoxy groups -OCH3 is 1. The van der Waals surface area contributed by atoms with E-state index < -0.39 is 5.82 Å². The first-order valence-corrected chi connectivity index (χ1v) is 4.46. The van der Waals surface area contributed by atoms with E-state index in [0.29, 0.717) is 5.75 Å². The third kappa shape index (κ3) is 1.59. The summed E-state index contributed by atoms with van der Waals surface area (Å²) in [6, 6.07) is 1.39. The third-order valence-corrected chi connectivity index (χ3v) is 2.18. The molecule has 1 aromatic rings. The standard InChI is InChI=1S/C10H8FNO4/c1-14-7-2-8-10(16-5-15-8)6(9(7)11)3-12-4-13/h2H,3,5H2,1H3. The molecule has 0 bridgehead atoms. The highest BCUT2D eigenvalue weighted by molar-refractivity contribution is 5.54. The Morgan fingerprint density at radius 1 is 1.62 bits per heavy atom. The van der Waals surface area contributed by atoms with Crippen LogP contribution in [-0.2, 0) is 11.3 Å². The Kier molecular flexibility index (Phi) is 2.74. The summed E-state index contributed by atoms with van der Waals surface area (Å²) in [5, 5.41) is 0. The molecule has 0 radical (unpaired) electrons. The molecule has 84 valence electrons. The Balaban J connectivity index is 2.54. The van der Waals surface area contributed by atoms with Crippen molar-refractivity contribution in [3.63, 3.8) is 0 Å². The van der Waals surface area contributed by atoms with Crippen molar-refractivity contribution >= 4 is 6.08 Å². The zero-order chi connectivity index (χ0) is 11.5. The molecule has 2 rings (SSSR count). The number of aliphatic imine (C=N–C) groups is 1. The van der Waals surface area contributed by atoms with Crippen LogP contribution in [0, 0.1) is 5.82 Å². The van der Waals surface area contributed by atoms with Gasteiger partial charge in [-0.3, -0.25) is 0 Å². The average molecular weight is 225 g/mol. The van der Waals surface area contributed by atoms with Crippen molar-refractivity contribution in [2.75, 3.05) is 13.9 Å². The van der Waals surface area contributed by atoms with E-state index in [9.17, 15) is 9.18 Å². The second kappa shape index (κ2) is 4.20. The first kappa shape index (κ1) is 10.4. The summed E-state index contributed by atoms with van der Waals surface area (Å²) >= 11 is 0. The minimum Gasteiger partial charge on any atom is -0.494 e. The SMILES string of the molecule is COc1cc2c(c(CN=C=O)c1F)OCO2. The van der Waals surface area contributed by atoms with Crippen molar-refractivity contribution in [2.45, 2.75) is 6.54 Å². The highest BCUT2D eigenvalue weighted by atomic mass is 19.1. The predicted octanol–water partition coefficient (Wildman–Crippen LogP) is 1.40. The minimum absolute atomic E-state index is 0.0136. The molecule has 0 N–H and O–H groups in total. The number of fused-ring (bicyclic) bond motifs is 1. The first-order chi connectivity index (χ1) is 7.77. The highest BCUT2D eigenvalue weighted by Gasteiger charge is 2.24. The van der Waals surface area contributed by atoms with Crippen molar-refractivity contribution in [1.82, 2.24) is 0 Å². The van der Waals surface area contributed by atoms with Crippen LogP contribution in [0.4, 0.5) is 4.39 Å². The quantitative estimate of drug-likeness (QED) is 0.576. The van der Waals surface area contributed by atoms with Gasteiger partial charge < -0.3 is 14.2 Å². The van der Waals surface area contributed by atoms with Crippen molar-refractivity contribution in [3.05, 3.63) is 17.4 Å². The van der Waals surface area contributed by atoms with Gasteiger partial charge in [0.2, 0.25) is 12.9 Å². The number of isocyanates is 1. The Morgan fingerprint density at radius 2 is 2.44 bits per heavy atom. The van der Waals surface area contributed by atoms with Gasteiger partial charge in [0.15, 0.2) is 23.1 Å². The van der Waals surface area contributed by atoms with E-state index in [2.05, 4.69) is 4.99 Å². The number of carbonyl (C=O) groups excluding carboxylic acids is 1. The molecule has 1 heterocycles. The number of hydrogen-bond acceptors (Lipinski definition) is 5. The minimum atomic E-state index is -0.606. The predicted molar refractivity (Wildman–Crippen MR) is 50.9 cm³/mol. The van der Waals surface area contributed by atoms with Crippen LogP contribution in [0.5, 0.6) is 17.2 Å². The fourth-order valence-electron chi connectivity index (χ4n) is 1.46.